The molecule has 2 atom stereocenters. The van der Waals surface area contributed by atoms with Gasteiger partial charge in [-0.3, -0.25) is 0 Å². The summed E-state index contributed by atoms with van der Waals surface area (Å²) in [6.45, 7) is 2.10. The number of rotatable bonds is 1. The molecular weight excluding hydrogens is 270 g/mol. The maximum atomic E-state index is 12.4. The van der Waals surface area contributed by atoms with Crippen molar-refractivity contribution in [3.05, 3.63) is 11.6 Å². The maximum Gasteiger partial charge on any atom is 0.421 e. The van der Waals surface area contributed by atoms with Gasteiger partial charge in [0.25, 0.3) is 0 Å². The van der Waals surface area contributed by atoms with E-state index in [9.17, 15) is 26.3 Å². The lowest BCUT2D eigenvalue weighted by Crippen LogP contribution is -2.27. The van der Waals surface area contributed by atoms with Crippen LogP contribution in [0.25, 0.3) is 0 Å². The van der Waals surface area contributed by atoms with E-state index in [-0.39, 0.29) is 0 Å². The molecule has 110 valence electrons. The minimum atomic E-state index is -5.32. The lowest BCUT2D eigenvalue weighted by atomic mass is 9.94. The first kappa shape index (κ1) is 14.7. The van der Waals surface area contributed by atoms with Crippen molar-refractivity contribution >= 4 is 0 Å². The Morgan fingerprint density at radius 3 is 1.63 bits per heavy atom. The molecule has 6 heteroatoms. The number of allylic oxidation sites excluding steroid dienone is 2. The van der Waals surface area contributed by atoms with Gasteiger partial charge in [-0.2, -0.15) is 26.3 Å². The summed E-state index contributed by atoms with van der Waals surface area (Å²) >= 11 is 0. The molecule has 0 saturated heterocycles. The minimum absolute atomic E-state index is 0.412. The van der Waals surface area contributed by atoms with Gasteiger partial charge in [0.1, 0.15) is 5.57 Å². The van der Waals surface area contributed by atoms with Gasteiger partial charge in [0.05, 0.1) is 0 Å². The summed E-state index contributed by atoms with van der Waals surface area (Å²) < 4.78 is 74.6. The fourth-order valence-electron chi connectivity index (χ4n) is 3.30. The lowest BCUT2D eigenvalue weighted by molar-refractivity contribution is -0.172. The van der Waals surface area contributed by atoms with Crippen LogP contribution in [0.2, 0.25) is 0 Å². The number of fused-ring (bicyclic) bond motifs is 1. The Morgan fingerprint density at radius 2 is 1.26 bits per heavy atom. The van der Waals surface area contributed by atoms with Gasteiger partial charge in [-0.15, -0.1) is 0 Å². The summed E-state index contributed by atoms with van der Waals surface area (Å²) in [6.07, 6.45) is -7.87. The number of hydrogen-bond acceptors (Lipinski definition) is 0. The molecule has 0 spiro atoms. The summed E-state index contributed by atoms with van der Waals surface area (Å²) in [4.78, 5) is 0. The van der Waals surface area contributed by atoms with E-state index in [1.165, 1.54) is 0 Å². The molecule has 2 aliphatic carbocycles. The Bertz CT molecular complexity index is 334. The highest BCUT2D eigenvalue weighted by Crippen LogP contribution is 2.55. The van der Waals surface area contributed by atoms with Crippen molar-refractivity contribution in [3.8, 4) is 0 Å². The van der Waals surface area contributed by atoms with Crippen LogP contribution in [0.5, 0.6) is 0 Å². The normalized spacial score (nSPS) is 35.3. The first-order valence-corrected chi connectivity index (χ1v) is 6.47. The second kappa shape index (κ2) is 4.70. The predicted molar refractivity (Wildman–Crippen MR) is 58.3 cm³/mol. The molecule has 2 fully saturated rings. The molecule has 2 unspecified atom stereocenters. The van der Waals surface area contributed by atoms with Gasteiger partial charge in [0, 0.05) is 0 Å². The van der Waals surface area contributed by atoms with Crippen molar-refractivity contribution in [1.29, 1.82) is 0 Å². The topological polar surface area (TPSA) is 0 Å². The van der Waals surface area contributed by atoms with Crippen LogP contribution in [0.1, 0.15) is 32.6 Å². The van der Waals surface area contributed by atoms with Crippen LogP contribution >= 0.6 is 0 Å². The van der Waals surface area contributed by atoms with Gasteiger partial charge in [-0.05, 0) is 49.4 Å². The van der Waals surface area contributed by atoms with Crippen LogP contribution in [0, 0.1) is 23.7 Å². The summed E-state index contributed by atoms with van der Waals surface area (Å²) in [6, 6.07) is 0. The zero-order chi connectivity index (χ0) is 14.4. The molecule has 0 aromatic rings. The molecule has 2 rings (SSSR count). The highest BCUT2D eigenvalue weighted by Gasteiger charge is 2.52. The second-order valence-corrected chi connectivity index (χ2v) is 5.68. The van der Waals surface area contributed by atoms with Crippen molar-refractivity contribution in [2.24, 2.45) is 23.7 Å². The van der Waals surface area contributed by atoms with Crippen LogP contribution in [-0.4, -0.2) is 12.4 Å². The molecule has 2 aliphatic rings. The minimum Gasteiger partial charge on any atom is -0.166 e. The van der Waals surface area contributed by atoms with Crippen LogP contribution in [-0.2, 0) is 0 Å². The van der Waals surface area contributed by atoms with Gasteiger partial charge in [-0.25, -0.2) is 0 Å². The van der Waals surface area contributed by atoms with E-state index in [1.807, 2.05) is 0 Å². The summed E-state index contributed by atoms with van der Waals surface area (Å²) in [5.41, 5.74) is -2.34. The molecule has 0 nitrogen and oxygen atoms in total. The Morgan fingerprint density at radius 1 is 0.842 bits per heavy atom. The highest BCUT2D eigenvalue weighted by atomic mass is 19.4. The fourth-order valence-corrected chi connectivity index (χ4v) is 3.30. The van der Waals surface area contributed by atoms with Crippen molar-refractivity contribution < 1.29 is 26.3 Å². The van der Waals surface area contributed by atoms with E-state index in [0.29, 0.717) is 36.7 Å². The molecule has 0 radical (unpaired) electrons. The van der Waals surface area contributed by atoms with Crippen LogP contribution in [0.15, 0.2) is 11.6 Å². The quantitative estimate of drug-likeness (QED) is 0.464. The third kappa shape index (κ3) is 3.26. The molecule has 0 aliphatic heterocycles. The van der Waals surface area contributed by atoms with Crippen LogP contribution in [0.3, 0.4) is 0 Å². The van der Waals surface area contributed by atoms with Gasteiger partial charge in [0.2, 0.25) is 0 Å². The summed E-state index contributed by atoms with van der Waals surface area (Å²) in [5, 5.41) is 0. The van der Waals surface area contributed by atoms with E-state index in [1.54, 1.807) is 0 Å². The molecular formula is C13H16F6. The predicted octanol–water partition coefficient (Wildman–Crippen LogP) is 5.11. The monoisotopic (exact) mass is 286 g/mol. The zero-order valence-electron chi connectivity index (χ0n) is 10.5. The van der Waals surface area contributed by atoms with E-state index in [2.05, 4.69) is 6.92 Å². The largest absolute Gasteiger partial charge is 0.421 e. The second-order valence-electron chi connectivity index (χ2n) is 5.68. The zero-order valence-corrected chi connectivity index (χ0v) is 10.5. The van der Waals surface area contributed by atoms with Crippen molar-refractivity contribution in [2.75, 3.05) is 0 Å². The number of halogens is 6. The number of hydrogen-bond donors (Lipinski definition) is 0. The average molecular weight is 286 g/mol. The fraction of sp³-hybridized carbons (Fsp3) is 0.846. The molecule has 0 bridgehead atoms. The average Bonchev–Trinajstić information content (AvgIpc) is 2.89. The van der Waals surface area contributed by atoms with Gasteiger partial charge in [-0.1, -0.05) is 13.0 Å². The third-order valence-corrected chi connectivity index (χ3v) is 4.51. The Kier molecular flexibility index (Phi) is 3.64. The highest BCUT2D eigenvalue weighted by molar-refractivity contribution is 5.17. The van der Waals surface area contributed by atoms with Crippen molar-refractivity contribution in [3.63, 3.8) is 0 Å². The maximum absolute atomic E-state index is 12.4. The van der Waals surface area contributed by atoms with Crippen molar-refractivity contribution in [1.82, 2.24) is 0 Å². The van der Waals surface area contributed by atoms with Gasteiger partial charge in [0.15, 0.2) is 0 Å². The van der Waals surface area contributed by atoms with E-state index in [4.69, 9.17) is 0 Å². The summed E-state index contributed by atoms with van der Waals surface area (Å²) in [7, 11) is 0. The Balaban J connectivity index is 2.10. The van der Waals surface area contributed by atoms with E-state index >= 15 is 0 Å². The van der Waals surface area contributed by atoms with Crippen LogP contribution < -0.4 is 0 Å². The molecule has 19 heavy (non-hydrogen) atoms. The number of alkyl halides is 6. The van der Waals surface area contributed by atoms with E-state index in [0.717, 1.165) is 12.8 Å². The first-order valence-electron chi connectivity index (χ1n) is 6.47. The first-order chi connectivity index (χ1) is 8.60. The molecule has 0 N–H and O–H groups in total. The smallest absolute Gasteiger partial charge is 0.166 e. The Hall–Kier alpha value is -0.680. The molecule has 2 saturated carbocycles. The Labute approximate surface area is 107 Å². The van der Waals surface area contributed by atoms with Crippen LogP contribution in [0.4, 0.5) is 26.3 Å². The third-order valence-electron chi connectivity index (χ3n) is 4.51. The standard InChI is InChI=1S/C13H16F6/c1-7-9-4-2-8(3-5-10(7)9)6-11(12(14,15)16)13(17,18)19/h6-10H,2-5H2,1H3. The van der Waals surface area contributed by atoms with Crippen molar-refractivity contribution in [2.45, 2.75) is 45.0 Å². The van der Waals surface area contributed by atoms with Gasteiger partial charge < -0.3 is 0 Å². The molecule has 0 aromatic heterocycles. The van der Waals surface area contributed by atoms with E-state index < -0.39 is 23.8 Å². The van der Waals surface area contributed by atoms with Gasteiger partial charge >= 0.3 is 12.4 Å². The molecule has 0 amide bonds. The molecule has 0 aromatic carbocycles. The lowest BCUT2D eigenvalue weighted by Gasteiger charge is -2.18. The molecule has 0 heterocycles. The SMILES string of the molecule is CC1C2CCC(C=C(C(F)(F)F)C(F)(F)F)CCC12. The summed E-state index contributed by atoms with van der Waals surface area (Å²) in [5.74, 6) is 1.02.